The minimum Gasteiger partial charge on any atom is -0.477 e. The second kappa shape index (κ2) is 11.6. The Labute approximate surface area is 215 Å². The number of rotatable bonds is 6. The predicted octanol–water partition coefficient (Wildman–Crippen LogP) is 3.96. The van der Waals surface area contributed by atoms with Crippen LogP contribution in [0.15, 0.2) is 118 Å². The van der Waals surface area contributed by atoms with Crippen LogP contribution in [0.25, 0.3) is 0 Å². The topological polar surface area (TPSA) is 98.0 Å². The van der Waals surface area contributed by atoms with Crippen molar-refractivity contribution < 1.29 is 23.8 Å². The van der Waals surface area contributed by atoms with Crippen LogP contribution in [-0.2, 0) is 23.8 Å². The monoisotopic (exact) mass is 512 g/mol. The second-order valence-corrected chi connectivity index (χ2v) is 11.0. The van der Waals surface area contributed by atoms with Gasteiger partial charge in [-0.05, 0) is 0 Å². The summed E-state index contributed by atoms with van der Waals surface area (Å²) in [7, 11) is -0.401. The third-order valence-electron chi connectivity index (χ3n) is 5.92. The number of esters is 2. The van der Waals surface area contributed by atoms with Crippen molar-refractivity contribution >= 4 is 34.9 Å². The Balaban J connectivity index is 2.20. The van der Waals surface area contributed by atoms with Gasteiger partial charge in [-0.2, -0.15) is 5.26 Å². The highest BCUT2D eigenvalue weighted by atomic mass is 31.2. The van der Waals surface area contributed by atoms with Gasteiger partial charge in [-0.1, -0.05) is 91.0 Å². The van der Waals surface area contributed by atoms with Gasteiger partial charge in [0.2, 0.25) is 5.88 Å². The lowest BCUT2D eigenvalue weighted by Crippen LogP contribution is -2.26. The molecule has 0 saturated carbocycles. The van der Waals surface area contributed by atoms with Crippen LogP contribution in [0.4, 0.5) is 0 Å². The molecule has 3 aromatic rings. The summed E-state index contributed by atoms with van der Waals surface area (Å²) in [5.41, 5.74) is -0.323. The zero-order valence-electron chi connectivity index (χ0n) is 20.5. The molecule has 8 heteroatoms. The molecular formula is C29H25N2O5P. The number of benzene rings is 3. The Morgan fingerprint density at radius 1 is 0.811 bits per heavy atom. The van der Waals surface area contributed by atoms with Crippen molar-refractivity contribution in [2.75, 3.05) is 20.8 Å². The molecule has 0 aliphatic carbocycles. The molecule has 0 N–H and O–H groups in total. The lowest BCUT2D eigenvalue weighted by molar-refractivity contribution is -0.136. The summed E-state index contributed by atoms with van der Waals surface area (Å²) in [5.74, 6) is -1.59. The number of hydrogen-bond acceptors (Lipinski definition) is 7. The van der Waals surface area contributed by atoms with E-state index < -0.39 is 19.0 Å². The van der Waals surface area contributed by atoms with Gasteiger partial charge in [0.1, 0.15) is 11.6 Å². The number of hydrogen-bond donors (Lipinski definition) is 0. The predicted molar refractivity (Wildman–Crippen MR) is 142 cm³/mol. The molecule has 1 aliphatic rings. The van der Waals surface area contributed by atoms with E-state index in [2.05, 4.69) is 0 Å². The van der Waals surface area contributed by atoms with Crippen LogP contribution in [0, 0.1) is 11.3 Å². The van der Waals surface area contributed by atoms with Gasteiger partial charge in [-0.15, -0.1) is 0 Å². The third-order valence-corrected chi connectivity index (χ3v) is 9.54. The van der Waals surface area contributed by atoms with Gasteiger partial charge in [0.05, 0.1) is 39.0 Å². The zero-order valence-corrected chi connectivity index (χ0v) is 21.4. The first-order valence-corrected chi connectivity index (χ1v) is 13.3. The van der Waals surface area contributed by atoms with E-state index in [-0.39, 0.29) is 35.6 Å². The smallest absolute Gasteiger partial charge is 0.344 e. The normalized spacial score (nSPS) is 13.6. The molecule has 4 rings (SSSR count). The van der Waals surface area contributed by atoms with Crippen LogP contribution in [0.1, 0.15) is 6.42 Å². The summed E-state index contributed by atoms with van der Waals surface area (Å²) in [4.78, 5) is 25.6. The Kier molecular flexibility index (Phi) is 8.02. The van der Waals surface area contributed by atoms with Crippen LogP contribution in [-0.4, -0.2) is 32.8 Å². The molecule has 0 aromatic heterocycles. The SMILES string of the molecule is COC(=O)C1=C(C#N)C(C(=O)OC)=C(N=P(c2ccccc2)(c2ccccc2)c2ccccc2)OCC1. The Bertz CT molecular complexity index is 1350. The van der Waals surface area contributed by atoms with Gasteiger partial charge in [0, 0.05) is 22.3 Å². The van der Waals surface area contributed by atoms with Crippen LogP contribution in [0.5, 0.6) is 0 Å². The summed E-state index contributed by atoms with van der Waals surface area (Å²) in [5, 5.41) is 12.8. The number of nitrogens with zero attached hydrogens (tertiary/aromatic N) is 2. The minimum absolute atomic E-state index is 0.0211. The van der Waals surface area contributed by atoms with Gasteiger partial charge in [-0.25, -0.2) is 14.3 Å². The molecule has 1 heterocycles. The highest BCUT2D eigenvalue weighted by Gasteiger charge is 2.34. The lowest BCUT2D eigenvalue weighted by Gasteiger charge is -2.27. The van der Waals surface area contributed by atoms with Gasteiger partial charge in [0.15, 0.2) is 0 Å². The maximum absolute atomic E-state index is 13.1. The molecule has 0 atom stereocenters. The second-order valence-electron chi connectivity index (χ2n) is 7.97. The Morgan fingerprint density at radius 2 is 1.27 bits per heavy atom. The largest absolute Gasteiger partial charge is 0.477 e. The maximum atomic E-state index is 13.1. The quantitative estimate of drug-likeness (QED) is 0.366. The number of methoxy groups -OCH3 is 2. The van der Waals surface area contributed by atoms with E-state index in [0.29, 0.717) is 0 Å². The zero-order chi connectivity index (χ0) is 26.3. The Hall–Kier alpha value is -4.40. The molecule has 37 heavy (non-hydrogen) atoms. The average molecular weight is 513 g/mol. The summed E-state index contributed by atoms with van der Waals surface area (Å²) in [6, 6.07) is 31.4. The number of carbonyl (C=O) groups excluding carboxylic acids is 2. The fourth-order valence-electron chi connectivity index (χ4n) is 4.21. The van der Waals surface area contributed by atoms with Gasteiger partial charge < -0.3 is 14.2 Å². The van der Waals surface area contributed by atoms with E-state index in [1.165, 1.54) is 14.2 Å². The first-order chi connectivity index (χ1) is 18.1. The van der Waals surface area contributed by atoms with Gasteiger partial charge in [-0.3, -0.25) is 0 Å². The van der Waals surface area contributed by atoms with E-state index in [9.17, 15) is 14.9 Å². The molecule has 1 aliphatic heterocycles. The van der Waals surface area contributed by atoms with Gasteiger partial charge in [0.25, 0.3) is 0 Å². The van der Waals surface area contributed by atoms with Crippen molar-refractivity contribution in [3.05, 3.63) is 114 Å². The maximum Gasteiger partial charge on any atom is 0.344 e. The first kappa shape index (κ1) is 25.7. The fourth-order valence-corrected chi connectivity index (χ4v) is 7.70. The number of carbonyl (C=O) groups is 2. The van der Waals surface area contributed by atoms with Crippen LogP contribution < -0.4 is 15.9 Å². The average Bonchev–Trinajstić information content (AvgIpc) is 3.15. The summed E-state index contributed by atoms with van der Waals surface area (Å²) in [6.45, 7) is 0.0211. The molecule has 0 fully saturated rings. The van der Waals surface area contributed by atoms with E-state index in [1.54, 1.807) is 0 Å². The molecule has 0 amide bonds. The third kappa shape index (κ3) is 4.97. The molecule has 0 radical (unpaired) electrons. The standard InChI is InChI=1S/C29H25N2O5P/c1-34-28(32)24-18-19-36-27(26(25(24)20-30)29(33)35-2)31-37(21-12-6-3-7-13-21,22-14-8-4-9-15-22)23-16-10-5-11-17-23/h3-17H,18-19H2,1-2H3. The van der Waals surface area contributed by atoms with Crippen molar-refractivity contribution in [1.82, 2.24) is 0 Å². The van der Waals surface area contributed by atoms with Crippen molar-refractivity contribution in [1.29, 1.82) is 5.26 Å². The first-order valence-electron chi connectivity index (χ1n) is 11.5. The highest BCUT2D eigenvalue weighted by molar-refractivity contribution is 7.87. The van der Waals surface area contributed by atoms with Crippen LogP contribution in [0.2, 0.25) is 0 Å². The van der Waals surface area contributed by atoms with Crippen molar-refractivity contribution in [3.8, 4) is 6.07 Å². The molecule has 0 saturated heterocycles. The molecular weight excluding hydrogens is 487 g/mol. The van der Waals surface area contributed by atoms with Crippen molar-refractivity contribution in [3.63, 3.8) is 0 Å². The van der Waals surface area contributed by atoms with E-state index in [0.717, 1.165) is 15.9 Å². The minimum atomic E-state index is -2.83. The summed E-state index contributed by atoms with van der Waals surface area (Å²) < 4.78 is 21.2. The molecule has 0 spiro atoms. The molecule has 0 unspecified atom stereocenters. The van der Waals surface area contributed by atoms with E-state index in [4.69, 9.17) is 19.0 Å². The van der Waals surface area contributed by atoms with Crippen LogP contribution in [0.3, 0.4) is 0 Å². The number of nitriles is 1. The molecule has 3 aromatic carbocycles. The molecule has 7 nitrogen and oxygen atoms in total. The van der Waals surface area contributed by atoms with Crippen molar-refractivity contribution in [2.45, 2.75) is 6.42 Å². The molecule has 186 valence electrons. The number of ether oxygens (including phenoxy) is 3. The van der Waals surface area contributed by atoms with E-state index in [1.807, 2.05) is 97.1 Å². The van der Waals surface area contributed by atoms with Crippen LogP contribution >= 0.6 is 7.05 Å². The highest BCUT2D eigenvalue weighted by Crippen LogP contribution is 2.49. The molecule has 0 bridgehead atoms. The lowest BCUT2D eigenvalue weighted by atomic mass is 10.00. The van der Waals surface area contributed by atoms with E-state index >= 15 is 0 Å². The van der Waals surface area contributed by atoms with Crippen molar-refractivity contribution in [2.24, 2.45) is 4.74 Å². The summed E-state index contributed by atoms with van der Waals surface area (Å²) in [6.07, 6.45) is 0.0720. The fraction of sp³-hybridized carbons (Fsp3) is 0.138. The Morgan fingerprint density at radius 3 is 1.68 bits per heavy atom. The summed E-state index contributed by atoms with van der Waals surface area (Å²) >= 11 is 0. The van der Waals surface area contributed by atoms with Gasteiger partial charge >= 0.3 is 11.9 Å².